The van der Waals surface area contributed by atoms with Crippen molar-refractivity contribution in [3.8, 4) is 12.1 Å². The fourth-order valence-electron chi connectivity index (χ4n) is 1.88. The fourth-order valence-corrected chi connectivity index (χ4v) is 3.71. The molecule has 1 heterocycles. The normalized spacial score (nSPS) is 12.4. The third-order valence-electron chi connectivity index (χ3n) is 3.07. The van der Waals surface area contributed by atoms with Crippen LogP contribution in [0.25, 0.3) is 6.08 Å². The van der Waals surface area contributed by atoms with E-state index in [1.807, 2.05) is 6.07 Å². The third-order valence-corrected chi connectivity index (χ3v) is 5.80. The minimum absolute atomic E-state index is 0.0290. The summed E-state index contributed by atoms with van der Waals surface area (Å²) < 4.78 is 49.2. The highest BCUT2D eigenvalue weighted by molar-refractivity contribution is 7.95. The molecule has 2 aromatic rings. The number of hydrogen-bond donors (Lipinski definition) is 0. The first-order valence-electron chi connectivity index (χ1n) is 6.45. The number of nitrogens with zero attached hydrogens (tertiary/aromatic N) is 3. The Morgan fingerprint density at radius 2 is 1.71 bits per heavy atom. The van der Waals surface area contributed by atoms with Gasteiger partial charge < -0.3 is 0 Å². The molecule has 0 radical (unpaired) electrons. The second-order valence-corrected chi connectivity index (χ2v) is 8.56. The van der Waals surface area contributed by atoms with Gasteiger partial charge in [-0.2, -0.15) is 10.5 Å². The van der Waals surface area contributed by atoms with E-state index in [2.05, 4.69) is 0 Å². The first-order chi connectivity index (χ1) is 11.2. The minimum atomic E-state index is -3.99. The fraction of sp³-hybridized carbons (Fsp3) is 0.0667. The van der Waals surface area contributed by atoms with E-state index in [1.165, 1.54) is 42.6 Å². The molecule has 0 N–H and O–H groups in total. The van der Waals surface area contributed by atoms with Crippen LogP contribution in [0, 0.1) is 22.7 Å². The molecule has 1 aromatic heterocycles. The summed E-state index contributed by atoms with van der Waals surface area (Å²) >= 11 is 0. The molecule has 0 unspecified atom stereocenters. The van der Waals surface area contributed by atoms with Crippen molar-refractivity contribution in [2.24, 2.45) is 0 Å². The summed E-state index contributed by atoms with van der Waals surface area (Å²) in [5.41, 5.74) is 0.340. The van der Waals surface area contributed by atoms with Gasteiger partial charge in [-0.15, -0.1) is 0 Å². The molecule has 0 fully saturated rings. The molecule has 0 saturated heterocycles. The number of nitriles is 2. The standard InChI is InChI=1S/C15H11N3O4S2/c1-23(19,20)15(11-17)9-13-3-2-8-18(13)24(21,22)14-6-4-12(10-16)5-7-14/h2-9H,1H3/b15-9+. The molecule has 0 aliphatic rings. The predicted molar refractivity (Wildman–Crippen MR) is 86.6 cm³/mol. The quantitative estimate of drug-likeness (QED) is 0.761. The first kappa shape index (κ1) is 17.5. The first-order valence-corrected chi connectivity index (χ1v) is 9.78. The molecule has 9 heteroatoms. The maximum Gasteiger partial charge on any atom is 0.268 e. The maximum absolute atomic E-state index is 12.7. The van der Waals surface area contributed by atoms with Crippen molar-refractivity contribution in [2.75, 3.05) is 6.26 Å². The van der Waals surface area contributed by atoms with Gasteiger partial charge in [-0.25, -0.2) is 20.8 Å². The summed E-state index contributed by atoms with van der Waals surface area (Å²) in [6.07, 6.45) is 3.11. The van der Waals surface area contributed by atoms with Crippen molar-refractivity contribution in [3.05, 3.63) is 58.8 Å². The molecule has 7 nitrogen and oxygen atoms in total. The molecule has 122 valence electrons. The summed E-state index contributed by atoms with van der Waals surface area (Å²) in [5.74, 6) is 0. The topological polar surface area (TPSA) is 121 Å². The van der Waals surface area contributed by atoms with Crippen LogP contribution in [-0.4, -0.2) is 27.1 Å². The third kappa shape index (κ3) is 3.38. The zero-order chi connectivity index (χ0) is 18.0. The van der Waals surface area contributed by atoms with Gasteiger partial charge in [-0.1, -0.05) is 0 Å². The summed E-state index contributed by atoms with van der Waals surface area (Å²) in [4.78, 5) is -0.609. The van der Waals surface area contributed by atoms with Crippen molar-refractivity contribution in [2.45, 2.75) is 4.90 Å². The number of allylic oxidation sites excluding steroid dienone is 1. The van der Waals surface area contributed by atoms with Gasteiger partial charge in [-0.05, 0) is 42.5 Å². The van der Waals surface area contributed by atoms with Crippen LogP contribution in [0.2, 0.25) is 0 Å². The van der Waals surface area contributed by atoms with E-state index in [0.29, 0.717) is 5.56 Å². The average Bonchev–Trinajstić information content (AvgIpc) is 3.00. The number of aromatic nitrogens is 1. The van der Waals surface area contributed by atoms with Crippen LogP contribution in [0.3, 0.4) is 0 Å². The van der Waals surface area contributed by atoms with E-state index < -0.39 is 24.8 Å². The molecule has 1 aromatic carbocycles. The van der Waals surface area contributed by atoms with Gasteiger partial charge in [0.05, 0.1) is 22.2 Å². The van der Waals surface area contributed by atoms with Crippen LogP contribution < -0.4 is 0 Å². The zero-order valence-electron chi connectivity index (χ0n) is 12.4. The summed E-state index contributed by atoms with van der Waals surface area (Å²) in [6, 6.07) is 11.5. The molecule has 24 heavy (non-hydrogen) atoms. The Balaban J connectivity index is 2.59. The molecule has 0 atom stereocenters. The van der Waals surface area contributed by atoms with Crippen molar-refractivity contribution in [1.82, 2.24) is 3.97 Å². The number of rotatable bonds is 4. The van der Waals surface area contributed by atoms with Crippen molar-refractivity contribution >= 4 is 25.9 Å². The largest absolute Gasteiger partial charge is 0.268 e. The van der Waals surface area contributed by atoms with Crippen LogP contribution in [0.4, 0.5) is 0 Å². The van der Waals surface area contributed by atoms with Crippen molar-refractivity contribution in [3.63, 3.8) is 0 Å². The monoisotopic (exact) mass is 361 g/mol. The Labute approximate surface area is 139 Å². The average molecular weight is 361 g/mol. The molecule has 0 spiro atoms. The van der Waals surface area contributed by atoms with Gasteiger partial charge in [0.25, 0.3) is 10.0 Å². The van der Waals surface area contributed by atoms with Crippen LogP contribution in [0.1, 0.15) is 11.3 Å². The molecule has 2 rings (SSSR count). The summed E-state index contributed by atoms with van der Waals surface area (Å²) in [6.45, 7) is 0. The van der Waals surface area contributed by atoms with E-state index in [4.69, 9.17) is 10.5 Å². The Kier molecular flexibility index (Phi) is 4.60. The number of sulfone groups is 1. The second-order valence-electron chi connectivity index (χ2n) is 4.76. The maximum atomic E-state index is 12.7. The number of hydrogen-bond acceptors (Lipinski definition) is 6. The highest BCUT2D eigenvalue weighted by Crippen LogP contribution is 2.20. The van der Waals surface area contributed by atoms with Crippen molar-refractivity contribution in [1.29, 1.82) is 10.5 Å². The predicted octanol–water partition coefficient (Wildman–Crippen LogP) is 1.51. The summed E-state index contributed by atoms with van der Waals surface area (Å²) in [5, 5.41) is 17.7. The van der Waals surface area contributed by atoms with E-state index in [9.17, 15) is 16.8 Å². The van der Waals surface area contributed by atoms with Gasteiger partial charge in [0, 0.05) is 12.5 Å². The van der Waals surface area contributed by atoms with E-state index in [1.54, 1.807) is 6.07 Å². The van der Waals surface area contributed by atoms with Gasteiger partial charge in [0.1, 0.15) is 11.0 Å². The molecule has 0 aliphatic carbocycles. The van der Waals surface area contributed by atoms with Gasteiger partial charge in [0.2, 0.25) is 0 Å². The summed E-state index contributed by atoms with van der Waals surface area (Å²) in [7, 11) is -7.76. The molecule has 0 aliphatic heterocycles. The molecule has 0 amide bonds. The molecule has 0 bridgehead atoms. The highest BCUT2D eigenvalue weighted by atomic mass is 32.2. The number of benzene rings is 1. The van der Waals surface area contributed by atoms with Crippen LogP contribution in [0.5, 0.6) is 0 Å². The lowest BCUT2D eigenvalue weighted by molar-refractivity contribution is 0.587. The van der Waals surface area contributed by atoms with Gasteiger partial charge in [-0.3, -0.25) is 0 Å². The molecular weight excluding hydrogens is 350 g/mol. The Bertz CT molecular complexity index is 1090. The molecular formula is C15H11N3O4S2. The lowest BCUT2D eigenvalue weighted by Crippen LogP contribution is -2.13. The second kappa shape index (κ2) is 6.32. The van der Waals surface area contributed by atoms with E-state index >= 15 is 0 Å². The Morgan fingerprint density at radius 3 is 2.21 bits per heavy atom. The van der Waals surface area contributed by atoms with Gasteiger partial charge in [0.15, 0.2) is 9.84 Å². The lowest BCUT2D eigenvalue weighted by atomic mass is 10.2. The van der Waals surface area contributed by atoms with Gasteiger partial charge >= 0.3 is 0 Å². The highest BCUT2D eigenvalue weighted by Gasteiger charge is 2.20. The zero-order valence-corrected chi connectivity index (χ0v) is 14.0. The van der Waals surface area contributed by atoms with Crippen LogP contribution in [0.15, 0.2) is 52.4 Å². The van der Waals surface area contributed by atoms with E-state index in [0.717, 1.165) is 16.3 Å². The van der Waals surface area contributed by atoms with E-state index in [-0.39, 0.29) is 10.6 Å². The van der Waals surface area contributed by atoms with Crippen molar-refractivity contribution < 1.29 is 16.8 Å². The van der Waals surface area contributed by atoms with Crippen LogP contribution >= 0.6 is 0 Å². The Hall–Kier alpha value is -2.88. The SMILES string of the molecule is CS(=O)(=O)/C(C#N)=C/c1cccn1S(=O)(=O)c1ccc(C#N)cc1. The lowest BCUT2D eigenvalue weighted by Gasteiger charge is -2.08. The van der Waals surface area contributed by atoms with Crippen LogP contribution in [-0.2, 0) is 19.9 Å². The minimum Gasteiger partial charge on any atom is -0.242 e. The molecule has 0 saturated carbocycles. The Morgan fingerprint density at radius 1 is 1.08 bits per heavy atom. The smallest absolute Gasteiger partial charge is 0.242 e.